The lowest BCUT2D eigenvalue weighted by Crippen LogP contribution is -2.10. The number of rotatable bonds is 10. The zero-order chi connectivity index (χ0) is 14.8. The number of hydrogen-bond acceptors (Lipinski definition) is 4. The summed E-state index contributed by atoms with van der Waals surface area (Å²) in [6.45, 7) is 6.70. The Morgan fingerprint density at radius 3 is 2.60 bits per heavy atom. The van der Waals surface area contributed by atoms with Crippen molar-refractivity contribution >= 4 is 29.0 Å². The number of halogens is 2. The van der Waals surface area contributed by atoms with Crippen molar-refractivity contribution in [2.75, 3.05) is 31.7 Å². The van der Waals surface area contributed by atoms with Gasteiger partial charge in [0.15, 0.2) is 0 Å². The van der Waals surface area contributed by atoms with Gasteiger partial charge in [0.2, 0.25) is 5.88 Å². The molecule has 0 radical (unpaired) electrons. The summed E-state index contributed by atoms with van der Waals surface area (Å²) >= 11 is 12.1. The highest BCUT2D eigenvalue weighted by Crippen LogP contribution is 2.30. The normalized spacial score (nSPS) is 10.6. The summed E-state index contributed by atoms with van der Waals surface area (Å²) in [5.41, 5.74) is 0. The monoisotopic (exact) mass is 320 g/mol. The van der Waals surface area contributed by atoms with Gasteiger partial charge in [-0.1, -0.05) is 43.5 Å². The molecular weight excluding hydrogens is 299 g/mol. The number of unbranched alkanes of at least 4 members (excludes halogenated alkanes) is 1. The summed E-state index contributed by atoms with van der Waals surface area (Å²) in [7, 11) is 0. The second-order valence-electron chi connectivity index (χ2n) is 4.35. The zero-order valence-corrected chi connectivity index (χ0v) is 13.6. The molecule has 1 aromatic rings. The number of anilines is 1. The van der Waals surface area contributed by atoms with E-state index in [0.29, 0.717) is 35.0 Å². The molecule has 0 spiro atoms. The van der Waals surface area contributed by atoms with E-state index in [9.17, 15) is 0 Å². The molecule has 1 rings (SSSR count). The van der Waals surface area contributed by atoms with Crippen molar-refractivity contribution in [3.63, 3.8) is 0 Å². The van der Waals surface area contributed by atoms with Crippen LogP contribution in [-0.2, 0) is 4.74 Å². The highest BCUT2D eigenvalue weighted by atomic mass is 35.5. The molecule has 0 aromatic carbocycles. The molecule has 0 unspecified atom stereocenters. The van der Waals surface area contributed by atoms with E-state index < -0.39 is 0 Å². The quantitative estimate of drug-likeness (QED) is 0.649. The van der Waals surface area contributed by atoms with Crippen LogP contribution < -0.4 is 10.1 Å². The fraction of sp³-hybridized carbons (Fsp3) is 0.643. The van der Waals surface area contributed by atoms with E-state index >= 15 is 0 Å². The summed E-state index contributed by atoms with van der Waals surface area (Å²) in [6.07, 6.45) is 3.17. The zero-order valence-electron chi connectivity index (χ0n) is 12.0. The Balaban J connectivity index is 2.47. The van der Waals surface area contributed by atoms with Gasteiger partial charge in [-0.15, -0.1) is 0 Å². The summed E-state index contributed by atoms with van der Waals surface area (Å²) in [5, 5.41) is 4.04. The molecule has 6 heteroatoms. The van der Waals surface area contributed by atoms with Crippen molar-refractivity contribution < 1.29 is 9.47 Å². The lowest BCUT2D eigenvalue weighted by Gasteiger charge is -2.11. The minimum Gasteiger partial charge on any atom is -0.474 e. The summed E-state index contributed by atoms with van der Waals surface area (Å²) < 4.78 is 10.9. The molecule has 0 saturated heterocycles. The van der Waals surface area contributed by atoms with Crippen LogP contribution in [0.2, 0.25) is 10.0 Å². The van der Waals surface area contributed by atoms with Crippen LogP contribution in [0.4, 0.5) is 5.82 Å². The molecule has 1 heterocycles. The number of nitrogens with zero attached hydrogens (tertiary/aromatic N) is 1. The van der Waals surface area contributed by atoms with Gasteiger partial charge in [0.25, 0.3) is 0 Å². The van der Waals surface area contributed by atoms with Crippen LogP contribution in [0, 0.1) is 0 Å². The van der Waals surface area contributed by atoms with E-state index in [-0.39, 0.29) is 0 Å². The summed E-state index contributed by atoms with van der Waals surface area (Å²) in [5.74, 6) is 0.980. The van der Waals surface area contributed by atoms with E-state index in [0.717, 1.165) is 32.4 Å². The second-order valence-corrected chi connectivity index (χ2v) is 5.16. The number of hydrogen-bond donors (Lipinski definition) is 1. The van der Waals surface area contributed by atoms with E-state index in [1.165, 1.54) is 0 Å². The molecule has 0 fully saturated rings. The van der Waals surface area contributed by atoms with Gasteiger partial charge in [-0.2, -0.15) is 4.98 Å². The molecule has 114 valence electrons. The third-order valence-corrected chi connectivity index (χ3v) is 3.11. The molecule has 0 aliphatic heterocycles. The van der Waals surface area contributed by atoms with Gasteiger partial charge in [0, 0.05) is 13.2 Å². The summed E-state index contributed by atoms with van der Waals surface area (Å²) in [6, 6.07) is 1.64. The Morgan fingerprint density at radius 2 is 1.90 bits per heavy atom. The van der Waals surface area contributed by atoms with E-state index in [4.69, 9.17) is 32.7 Å². The first kappa shape index (κ1) is 17.3. The van der Waals surface area contributed by atoms with Crippen molar-refractivity contribution in [1.29, 1.82) is 0 Å². The Labute approximate surface area is 130 Å². The van der Waals surface area contributed by atoms with Crippen LogP contribution in [0.1, 0.15) is 33.1 Å². The van der Waals surface area contributed by atoms with Crippen molar-refractivity contribution in [3.8, 4) is 5.88 Å². The molecule has 4 nitrogen and oxygen atoms in total. The number of nitrogens with one attached hydrogen (secondary N) is 1. The van der Waals surface area contributed by atoms with Gasteiger partial charge in [-0.05, 0) is 18.9 Å². The predicted octanol–water partition coefficient (Wildman–Crippen LogP) is 4.41. The smallest absolute Gasteiger partial charge is 0.234 e. The molecule has 1 aromatic heterocycles. The molecule has 0 atom stereocenters. The first-order valence-electron chi connectivity index (χ1n) is 6.99. The van der Waals surface area contributed by atoms with Crippen LogP contribution in [0.25, 0.3) is 0 Å². The van der Waals surface area contributed by atoms with Crippen LogP contribution in [0.3, 0.4) is 0 Å². The van der Waals surface area contributed by atoms with Crippen molar-refractivity contribution in [2.24, 2.45) is 0 Å². The number of pyridine rings is 1. The largest absolute Gasteiger partial charge is 0.474 e. The second kappa shape index (κ2) is 10.1. The lowest BCUT2D eigenvalue weighted by molar-refractivity contribution is 0.0966. The maximum atomic E-state index is 6.07. The van der Waals surface area contributed by atoms with E-state index in [2.05, 4.69) is 24.1 Å². The highest BCUT2D eigenvalue weighted by Gasteiger charge is 2.10. The fourth-order valence-corrected chi connectivity index (χ4v) is 1.94. The molecule has 0 bridgehead atoms. The molecular formula is C14H22Cl2N2O2. The Morgan fingerprint density at radius 1 is 1.10 bits per heavy atom. The minimum atomic E-state index is 0.383. The maximum Gasteiger partial charge on any atom is 0.234 e. The standard InChI is InChI=1S/C14H22Cl2N2O2/c1-3-5-7-19-8-9-20-14-12(16)10-11(15)13(18-14)17-6-4-2/h10H,3-9H2,1-2H3,(H,17,18). The number of aromatic nitrogens is 1. The fourth-order valence-electron chi connectivity index (χ4n) is 1.46. The van der Waals surface area contributed by atoms with Crippen LogP contribution in [-0.4, -0.2) is 31.3 Å². The van der Waals surface area contributed by atoms with Crippen LogP contribution >= 0.6 is 23.2 Å². The molecule has 1 N–H and O–H groups in total. The lowest BCUT2D eigenvalue weighted by atomic mass is 10.4. The minimum absolute atomic E-state index is 0.383. The molecule has 0 aliphatic rings. The van der Waals surface area contributed by atoms with Gasteiger partial charge < -0.3 is 14.8 Å². The van der Waals surface area contributed by atoms with E-state index in [1.807, 2.05) is 0 Å². The van der Waals surface area contributed by atoms with Gasteiger partial charge in [-0.25, -0.2) is 0 Å². The highest BCUT2D eigenvalue weighted by molar-refractivity contribution is 6.36. The van der Waals surface area contributed by atoms with Crippen LogP contribution in [0.15, 0.2) is 6.07 Å². The van der Waals surface area contributed by atoms with Crippen molar-refractivity contribution in [1.82, 2.24) is 4.98 Å². The molecule has 0 saturated carbocycles. The van der Waals surface area contributed by atoms with Gasteiger partial charge in [0.1, 0.15) is 17.4 Å². The third kappa shape index (κ3) is 6.16. The van der Waals surface area contributed by atoms with Crippen molar-refractivity contribution in [2.45, 2.75) is 33.1 Å². The Kier molecular flexibility index (Phi) is 8.74. The first-order valence-corrected chi connectivity index (χ1v) is 7.75. The molecule has 20 heavy (non-hydrogen) atoms. The average Bonchev–Trinajstić information content (AvgIpc) is 2.43. The van der Waals surface area contributed by atoms with E-state index in [1.54, 1.807) is 6.07 Å². The summed E-state index contributed by atoms with van der Waals surface area (Å²) in [4.78, 5) is 4.29. The topological polar surface area (TPSA) is 43.4 Å². The maximum absolute atomic E-state index is 6.07. The van der Waals surface area contributed by atoms with Gasteiger partial charge in [-0.3, -0.25) is 0 Å². The van der Waals surface area contributed by atoms with Gasteiger partial charge >= 0.3 is 0 Å². The predicted molar refractivity (Wildman–Crippen MR) is 84.3 cm³/mol. The molecule has 0 amide bonds. The molecule has 0 aliphatic carbocycles. The Bertz CT molecular complexity index is 403. The third-order valence-electron chi connectivity index (χ3n) is 2.55. The average molecular weight is 321 g/mol. The SMILES string of the molecule is CCCCOCCOc1nc(NCCC)c(Cl)cc1Cl. The van der Waals surface area contributed by atoms with Crippen LogP contribution in [0.5, 0.6) is 5.88 Å². The van der Waals surface area contributed by atoms with Crippen molar-refractivity contribution in [3.05, 3.63) is 16.1 Å². The number of ether oxygens (including phenoxy) is 2. The van der Waals surface area contributed by atoms with Gasteiger partial charge in [0.05, 0.1) is 11.6 Å². The first-order chi connectivity index (χ1) is 9.69. The Hall–Kier alpha value is -0.710.